The highest BCUT2D eigenvalue weighted by molar-refractivity contribution is 5.95. The van der Waals surface area contributed by atoms with E-state index in [1.54, 1.807) is 13.8 Å². The van der Waals surface area contributed by atoms with Crippen LogP contribution < -0.4 is 0 Å². The molecule has 0 aromatic heterocycles. The van der Waals surface area contributed by atoms with E-state index in [2.05, 4.69) is 10.7 Å². The lowest BCUT2D eigenvalue weighted by Crippen LogP contribution is -2.48. The summed E-state index contributed by atoms with van der Waals surface area (Å²) < 4.78 is 43.6. The van der Waals surface area contributed by atoms with Gasteiger partial charge in [0.2, 0.25) is 0 Å². The number of alkyl halides is 3. The number of carbonyl (C=O) groups excluding carboxylic acids is 1. The number of rotatable bonds is 2. The van der Waals surface area contributed by atoms with Crippen molar-refractivity contribution in [3.05, 3.63) is 23.3 Å². The Hall–Kier alpha value is -2.07. The summed E-state index contributed by atoms with van der Waals surface area (Å²) in [6.07, 6.45) is -3.02. The molecule has 132 valence electrons. The molecule has 0 saturated heterocycles. The van der Waals surface area contributed by atoms with Gasteiger partial charge < -0.3 is 15.3 Å². The second kappa shape index (κ2) is 6.81. The van der Waals surface area contributed by atoms with Crippen LogP contribution in [-0.4, -0.2) is 35.2 Å². The molecule has 0 aromatic carbocycles. The van der Waals surface area contributed by atoms with Crippen LogP contribution in [0.4, 0.5) is 13.2 Å². The van der Waals surface area contributed by atoms with E-state index in [9.17, 15) is 23.1 Å². The van der Waals surface area contributed by atoms with E-state index in [4.69, 9.17) is 5.41 Å². The fourth-order valence-electron chi connectivity index (χ4n) is 2.47. The Balaban J connectivity index is 3.36. The highest BCUT2D eigenvalue weighted by atomic mass is 19.4. The maximum atomic E-state index is 13.0. The molecule has 1 aliphatic carbocycles. The van der Waals surface area contributed by atoms with Gasteiger partial charge in [0.1, 0.15) is 5.57 Å². The molecule has 0 aliphatic heterocycles. The number of hydrogen-bond donors (Lipinski definition) is 2. The van der Waals surface area contributed by atoms with E-state index in [0.717, 1.165) is 0 Å². The minimum atomic E-state index is -4.85. The van der Waals surface area contributed by atoms with Gasteiger partial charge >= 0.3 is 12.1 Å². The Morgan fingerprint density at radius 3 is 2.54 bits per heavy atom. The summed E-state index contributed by atoms with van der Waals surface area (Å²) in [7, 11) is 0. The summed E-state index contributed by atoms with van der Waals surface area (Å²) >= 11 is 0. The van der Waals surface area contributed by atoms with E-state index in [1.165, 1.54) is 19.9 Å². The Labute approximate surface area is 138 Å². The zero-order valence-electron chi connectivity index (χ0n) is 14.0. The molecule has 4 nitrogen and oxygen atoms in total. The standard InChI is InChI=1S/C17H20F3NO3/c1-5-24-14(22)9-12(17(18,19)20)6-7-16(23)11(2)8-13(21)10-15(16,3)4/h8-9,21,23H,5,10H2,1-4H3/b12-9+,21-13?. The van der Waals surface area contributed by atoms with E-state index in [0.29, 0.717) is 0 Å². The lowest BCUT2D eigenvalue weighted by molar-refractivity contribution is -0.138. The van der Waals surface area contributed by atoms with Crippen molar-refractivity contribution in [1.29, 1.82) is 5.41 Å². The van der Waals surface area contributed by atoms with Crippen LogP contribution in [0.3, 0.4) is 0 Å². The molecule has 1 rings (SSSR count). The number of ether oxygens (including phenoxy) is 1. The van der Waals surface area contributed by atoms with Gasteiger partial charge in [-0.2, -0.15) is 13.2 Å². The summed E-state index contributed by atoms with van der Waals surface area (Å²) in [5, 5.41) is 18.5. The fraction of sp³-hybridized carbons (Fsp3) is 0.529. The van der Waals surface area contributed by atoms with Crippen molar-refractivity contribution in [2.24, 2.45) is 5.41 Å². The van der Waals surface area contributed by atoms with Crippen LogP contribution >= 0.6 is 0 Å². The van der Waals surface area contributed by atoms with E-state index in [1.807, 2.05) is 5.92 Å². The summed E-state index contributed by atoms with van der Waals surface area (Å²) in [4.78, 5) is 11.3. The molecule has 2 N–H and O–H groups in total. The van der Waals surface area contributed by atoms with Crippen LogP contribution in [0, 0.1) is 22.7 Å². The molecule has 0 fully saturated rings. The topological polar surface area (TPSA) is 70.4 Å². The largest absolute Gasteiger partial charge is 0.463 e. The van der Waals surface area contributed by atoms with Crippen molar-refractivity contribution in [2.75, 3.05) is 6.61 Å². The van der Waals surface area contributed by atoms with Gasteiger partial charge in [0, 0.05) is 17.2 Å². The number of halogens is 3. The van der Waals surface area contributed by atoms with Crippen LogP contribution in [0.25, 0.3) is 0 Å². The van der Waals surface area contributed by atoms with Crippen LogP contribution in [0.15, 0.2) is 23.3 Å². The van der Waals surface area contributed by atoms with Gasteiger partial charge in [-0.05, 0) is 31.9 Å². The van der Waals surface area contributed by atoms with Crippen molar-refractivity contribution in [3.8, 4) is 11.8 Å². The fourth-order valence-corrected chi connectivity index (χ4v) is 2.47. The maximum absolute atomic E-state index is 13.0. The molecule has 0 radical (unpaired) electrons. The first-order valence-corrected chi connectivity index (χ1v) is 7.31. The zero-order chi connectivity index (χ0) is 18.8. The first-order chi connectivity index (χ1) is 10.8. The smallest absolute Gasteiger partial charge is 0.424 e. The highest BCUT2D eigenvalue weighted by Gasteiger charge is 2.47. The molecule has 0 bridgehead atoms. The molecule has 1 aliphatic rings. The average molecular weight is 343 g/mol. The van der Waals surface area contributed by atoms with Gasteiger partial charge in [-0.1, -0.05) is 25.7 Å². The van der Waals surface area contributed by atoms with Gasteiger partial charge in [0.05, 0.1) is 6.61 Å². The van der Waals surface area contributed by atoms with Crippen molar-refractivity contribution in [3.63, 3.8) is 0 Å². The number of nitrogens with one attached hydrogen (secondary N) is 1. The molecule has 0 amide bonds. The predicted octanol–water partition coefficient (Wildman–Crippen LogP) is 3.17. The minimum Gasteiger partial charge on any atom is -0.463 e. The second-order valence-corrected chi connectivity index (χ2v) is 6.18. The first kappa shape index (κ1) is 20.0. The predicted molar refractivity (Wildman–Crippen MR) is 83.4 cm³/mol. The number of esters is 1. The van der Waals surface area contributed by atoms with Crippen LogP contribution in [-0.2, 0) is 9.53 Å². The van der Waals surface area contributed by atoms with Gasteiger partial charge in [0.15, 0.2) is 5.60 Å². The first-order valence-electron chi connectivity index (χ1n) is 7.31. The molecule has 1 unspecified atom stereocenters. The third kappa shape index (κ3) is 4.26. The Morgan fingerprint density at radius 2 is 2.08 bits per heavy atom. The summed E-state index contributed by atoms with van der Waals surface area (Å²) in [6, 6.07) is 0. The van der Waals surface area contributed by atoms with Gasteiger partial charge in [0.25, 0.3) is 0 Å². The normalized spacial score (nSPS) is 23.9. The molecule has 7 heteroatoms. The number of allylic oxidation sites excluding steroid dienone is 2. The van der Waals surface area contributed by atoms with E-state index >= 15 is 0 Å². The third-order valence-corrected chi connectivity index (χ3v) is 3.81. The zero-order valence-corrected chi connectivity index (χ0v) is 14.0. The van der Waals surface area contributed by atoms with Crippen molar-refractivity contribution >= 4 is 11.7 Å². The highest BCUT2D eigenvalue weighted by Crippen LogP contribution is 2.43. The lowest BCUT2D eigenvalue weighted by atomic mass is 9.65. The summed E-state index contributed by atoms with van der Waals surface area (Å²) in [6.45, 7) is 6.16. The van der Waals surface area contributed by atoms with Crippen LogP contribution in [0.2, 0.25) is 0 Å². The molecule has 0 spiro atoms. The van der Waals surface area contributed by atoms with Crippen LogP contribution in [0.1, 0.15) is 34.1 Å². The molecule has 0 heterocycles. The molecular weight excluding hydrogens is 323 g/mol. The molecule has 24 heavy (non-hydrogen) atoms. The molecular formula is C17H20F3NO3. The molecule has 1 atom stereocenters. The second-order valence-electron chi connectivity index (χ2n) is 6.18. The van der Waals surface area contributed by atoms with Gasteiger partial charge in [-0.25, -0.2) is 4.79 Å². The van der Waals surface area contributed by atoms with E-state index in [-0.39, 0.29) is 30.4 Å². The third-order valence-electron chi connectivity index (χ3n) is 3.81. The summed E-state index contributed by atoms with van der Waals surface area (Å²) in [5.41, 5.74) is -3.62. The average Bonchev–Trinajstić information content (AvgIpc) is 2.39. The number of carbonyl (C=O) groups is 1. The molecule has 0 saturated carbocycles. The maximum Gasteiger partial charge on any atom is 0.424 e. The Kier molecular flexibility index (Phi) is 5.67. The van der Waals surface area contributed by atoms with E-state index < -0.39 is 28.7 Å². The van der Waals surface area contributed by atoms with Gasteiger partial charge in [-0.3, -0.25) is 0 Å². The quantitative estimate of drug-likeness (QED) is 0.460. The lowest BCUT2D eigenvalue weighted by Gasteiger charge is -2.42. The molecule has 0 aromatic rings. The number of hydrogen-bond acceptors (Lipinski definition) is 4. The monoisotopic (exact) mass is 343 g/mol. The number of aliphatic hydroxyl groups is 1. The minimum absolute atomic E-state index is 0.0607. The summed E-state index contributed by atoms with van der Waals surface area (Å²) in [5.74, 6) is 2.99. The van der Waals surface area contributed by atoms with Crippen molar-refractivity contribution in [1.82, 2.24) is 0 Å². The SMILES string of the molecule is CCOC(=O)/C=C(\C#CC1(O)C(C)=CC(=N)CC1(C)C)C(F)(F)F. The Morgan fingerprint density at radius 1 is 1.50 bits per heavy atom. The van der Waals surface area contributed by atoms with Crippen molar-refractivity contribution < 1.29 is 27.8 Å². The van der Waals surface area contributed by atoms with Gasteiger partial charge in [-0.15, -0.1) is 0 Å². The Bertz CT molecular complexity index is 663. The van der Waals surface area contributed by atoms with Crippen molar-refractivity contribution in [2.45, 2.75) is 45.9 Å². The van der Waals surface area contributed by atoms with Crippen LogP contribution in [0.5, 0.6) is 0 Å².